The molecule has 2 aliphatic rings. The number of aromatic carboxylic acids is 2. The molecule has 0 saturated heterocycles. The molecule has 38 heavy (non-hydrogen) atoms. The SMILES string of the molecule is CCN(CC)c1ccc2c(-c3ccc(C(=O)[O-])cc3C(=O)[O-])c3ccc(=[N+](CC)CC)cc-3oc2c1.[Na+].[Na+]. The number of benzene rings is 3. The van der Waals surface area contributed by atoms with E-state index in [2.05, 4.69) is 37.2 Å². The number of carbonyl (C=O) groups is 2. The predicted octanol–water partition coefficient (Wildman–Crippen LogP) is -3.40. The third-order valence-electron chi connectivity index (χ3n) is 6.69. The van der Waals surface area contributed by atoms with E-state index >= 15 is 0 Å². The Balaban J connectivity index is 0.00000253. The number of carboxylic acids is 2. The molecule has 9 heteroatoms. The normalized spacial score (nSPS) is 10.5. The summed E-state index contributed by atoms with van der Waals surface area (Å²) in [5, 5.41) is 25.3. The van der Waals surface area contributed by atoms with Crippen LogP contribution in [0.15, 0.2) is 59.0 Å². The first-order chi connectivity index (χ1) is 17.3. The van der Waals surface area contributed by atoms with Gasteiger partial charge >= 0.3 is 59.1 Å². The van der Waals surface area contributed by atoms with Crippen LogP contribution in [-0.4, -0.2) is 38.1 Å². The van der Waals surface area contributed by atoms with Crippen LogP contribution >= 0.6 is 0 Å². The molecule has 0 bridgehead atoms. The van der Waals surface area contributed by atoms with E-state index in [1.54, 1.807) is 0 Å². The van der Waals surface area contributed by atoms with E-state index in [4.69, 9.17) is 4.42 Å². The maximum Gasteiger partial charge on any atom is 1.00 e. The molecule has 0 N–H and O–H groups in total. The Kier molecular flexibility index (Phi) is 11.6. The zero-order valence-electron chi connectivity index (χ0n) is 23.0. The van der Waals surface area contributed by atoms with E-state index < -0.39 is 11.9 Å². The quantitative estimate of drug-likeness (QED) is 0.134. The predicted molar refractivity (Wildman–Crippen MR) is 137 cm³/mol. The van der Waals surface area contributed by atoms with Gasteiger partial charge in [-0.25, -0.2) is 4.58 Å². The maximum atomic E-state index is 12.1. The molecular formula is C29H29N2Na2O5+. The number of hydrogen-bond acceptors (Lipinski definition) is 6. The summed E-state index contributed by atoms with van der Waals surface area (Å²) in [5.41, 5.74) is 2.88. The number of hydrogen-bond donors (Lipinski definition) is 0. The first-order valence-electron chi connectivity index (χ1n) is 12.2. The molecule has 0 radical (unpaired) electrons. The molecule has 0 atom stereocenters. The van der Waals surface area contributed by atoms with Gasteiger partial charge in [-0.2, -0.15) is 0 Å². The third kappa shape index (κ3) is 6.19. The smallest absolute Gasteiger partial charge is 0.545 e. The van der Waals surface area contributed by atoms with Crippen LogP contribution in [0.5, 0.6) is 0 Å². The van der Waals surface area contributed by atoms with Crippen LogP contribution < -0.4 is 84.2 Å². The molecule has 4 rings (SSSR count). The number of carboxylic acid groups (broad SMARTS) is 2. The second-order valence-corrected chi connectivity index (χ2v) is 8.52. The molecular weight excluding hydrogens is 502 g/mol. The molecule has 0 unspecified atom stereocenters. The fourth-order valence-corrected chi connectivity index (χ4v) is 4.79. The van der Waals surface area contributed by atoms with Gasteiger partial charge in [-0.05, 0) is 63.1 Å². The topological polar surface area (TPSA) is 99.7 Å². The van der Waals surface area contributed by atoms with Gasteiger partial charge in [0.05, 0.1) is 18.0 Å². The van der Waals surface area contributed by atoms with Crippen LogP contribution in [0.3, 0.4) is 0 Å². The van der Waals surface area contributed by atoms with Crippen molar-refractivity contribution in [2.24, 2.45) is 0 Å². The molecule has 186 valence electrons. The summed E-state index contributed by atoms with van der Waals surface area (Å²) in [6.07, 6.45) is 0. The zero-order valence-corrected chi connectivity index (χ0v) is 27.0. The molecule has 0 spiro atoms. The first kappa shape index (κ1) is 32.1. The van der Waals surface area contributed by atoms with Crippen LogP contribution in [0.1, 0.15) is 48.4 Å². The monoisotopic (exact) mass is 531 g/mol. The Morgan fingerprint density at radius 1 is 0.816 bits per heavy atom. The summed E-state index contributed by atoms with van der Waals surface area (Å²) in [5.74, 6) is -2.31. The fraction of sp³-hybridized carbons (Fsp3) is 0.276. The van der Waals surface area contributed by atoms with Crippen LogP contribution in [0.25, 0.3) is 33.4 Å². The third-order valence-corrected chi connectivity index (χ3v) is 6.69. The second kappa shape index (κ2) is 13.8. The molecule has 0 amide bonds. The molecule has 0 saturated carbocycles. The van der Waals surface area contributed by atoms with Gasteiger partial charge in [-0.3, -0.25) is 0 Å². The minimum absolute atomic E-state index is 0. The van der Waals surface area contributed by atoms with E-state index in [0.29, 0.717) is 22.5 Å². The van der Waals surface area contributed by atoms with Crippen molar-refractivity contribution >= 4 is 28.6 Å². The van der Waals surface area contributed by atoms with Crippen molar-refractivity contribution in [1.29, 1.82) is 0 Å². The minimum atomic E-state index is -1.46. The molecule has 1 aliphatic carbocycles. The van der Waals surface area contributed by atoms with E-state index in [1.165, 1.54) is 12.1 Å². The van der Waals surface area contributed by atoms with Crippen LogP contribution in [0, 0.1) is 0 Å². The van der Waals surface area contributed by atoms with Gasteiger partial charge in [-0.1, -0.05) is 12.1 Å². The van der Waals surface area contributed by atoms with Gasteiger partial charge in [0, 0.05) is 53.0 Å². The maximum absolute atomic E-state index is 12.1. The Morgan fingerprint density at radius 3 is 2.05 bits per heavy atom. The molecule has 1 heterocycles. The zero-order chi connectivity index (χ0) is 26.0. The van der Waals surface area contributed by atoms with Crippen LogP contribution in [-0.2, 0) is 0 Å². The summed E-state index contributed by atoms with van der Waals surface area (Å²) < 4.78 is 8.61. The van der Waals surface area contributed by atoms with Gasteiger partial charge in [0.15, 0.2) is 0 Å². The van der Waals surface area contributed by atoms with E-state index in [0.717, 1.165) is 54.2 Å². The number of rotatable bonds is 8. The standard InChI is InChI=1S/C29H30N2O5.2Na/c1-5-30(6-2)19-10-13-22-25(16-19)36-26-17-20(31(7-3)8-4)11-14-23(26)27(22)21-12-9-18(28(32)33)15-24(21)29(34)35;;/h9-17H,5-8H2,1-4H3,(H-,32,33,34,35);;/q;2*+1/p-1. The van der Waals surface area contributed by atoms with Gasteiger partial charge in [0.1, 0.15) is 24.4 Å². The number of nitrogens with zero attached hydrogens (tertiary/aromatic N) is 2. The van der Waals surface area contributed by atoms with Crippen molar-refractivity contribution in [2.45, 2.75) is 27.7 Å². The van der Waals surface area contributed by atoms with Crippen molar-refractivity contribution in [1.82, 2.24) is 4.58 Å². The van der Waals surface area contributed by atoms with Gasteiger partial charge in [0.2, 0.25) is 5.36 Å². The summed E-state index contributed by atoms with van der Waals surface area (Å²) in [6.45, 7) is 11.6. The summed E-state index contributed by atoms with van der Waals surface area (Å²) in [7, 11) is 0. The van der Waals surface area contributed by atoms with E-state index in [1.807, 2.05) is 36.4 Å². The minimum Gasteiger partial charge on any atom is -0.545 e. The molecule has 0 aromatic heterocycles. The van der Waals surface area contributed by atoms with Gasteiger partial charge in [0.25, 0.3) is 0 Å². The van der Waals surface area contributed by atoms with Gasteiger partial charge in [-0.15, -0.1) is 0 Å². The molecule has 7 nitrogen and oxygen atoms in total. The Bertz CT molecular complexity index is 1500. The largest absolute Gasteiger partial charge is 1.00 e. The number of carbonyl (C=O) groups excluding carboxylic acids is 2. The van der Waals surface area contributed by atoms with Crippen molar-refractivity contribution in [3.63, 3.8) is 0 Å². The summed E-state index contributed by atoms with van der Waals surface area (Å²) in [6, 6.07) is 15.7. The second-order valence-electron chi connectivity index (χ2n) is 8.52. The average Bonchev–Trinajstić information content (AvgIpc) is 2.88. The van der Waals surface area contributed by atoms with E-state index in [-0.39, 0.29) is 70.2 Å². The molecule has 2 aromatic carbocycles. The van der Waals surface area contributed by atoms with E-state index in [9.17, 15) is 19.8 Å². The van der Waals surface area contributed by atoms with Crippen molar-refractivity contribution in [3.05, 3.63) is 71.1 Å². The summed E-state index contributed by atoms with van der Waals surface area (Å²) >= 11 is 0. The Morgan fingerprint density at radius 2 is 1.47 bits per heavy atom. The summed E-state index contributed by atoms with van der Waals surface area (Å²) in [4.78, 5) is 25.7. The fourth-order valence-electron chi connectivity index (χ4n) is 4.79. The molecule has 1 aliphatic heterocycles. The Hall–Kier alpha value is -2.13. The Labute approximate surface area is 266 Å². The molecule has 0 fully saturated rings. The number of anilines is 1. The van der Waals surface area contributed by atoms with Crippen LogP contribution in [0.4, 0.5) is 5.69 Å². The number of fused-ring (bicyclic) bond motifs is 2. The average molecular weight is 532 g/mol. The van der Waals surface area contributed by atoms with Crippen molar-refractivity contribution in [3.8, 4) is 22.5 Å². The first-order valence-corrected chi connectivity index (χ1v) is 12.2. The van der Waals surface area contributed by atoms with Crippen LogP contribution in [0.2, 0.25) is 0 Å². The van der Waals surface area contributed by atoms with Crippen molar-refractivity contribution < 1.29 is 83.3 Å². The molecule has 2 aromatic rings. The van der Waals surface area contributed by atoms with Crippen molar-refractivity contribution in [2.75, 3.05) is 31.1 Å². The van der Waals surface area contributed by atoms with Gasteiger partial charge < -0.3 is 29.1 Å².